The van der Waals surface area contributed by atoms with Crippen LogP contribution in [-0.2, 0) is 4.74 Å². The predicted molar refractivity (Wildman–Crippen MR) is 113 cm³/mol. The number of nitriles is 1. The van der Waals surface area contributed by atoms with Crippen LogP contribution < -0.4 is 0 Å². The lowest BCUT2D eigenvalue weighted by Crippen LogP contribution is -2.44. The number of halogens is 1. The number of nitrogens with zero attached hydrogens (tertiary/aromatic N) is 2. The van der Waals surface area contributed by atoms with E-state index < -0.39 is 11.7 Å². The third-order valence-electron chi connectivity index (χ3n) is 3.76. The van der Waals surface area contributed by atoms with Crippen LogP contribution in [0.2, 0.25) is 0 Å². The van der Waals surface area contributed by atoms with E-state index in [1.807, 2.05) is 71.0 Å². The second-order valence-electron chi connectivity index (χ2n) is 6.98. The van der Waals surface area contributed by atoms with Crippen molar-refractivity contribution in [2.45, 2.75) is 59.2 Å². The summed E-state index contributed by atoms with van der Waals surface area (Å²) in [5, 5.41) is 18.5. The number of amides is 1. The van der Waals surface area contributed by atoms with Gasteiger partial charge < -0.3 is 14.7 Å². The lowest BCUT2D eigenvalue weighted by Gasteiger charge is -2.36. The van der Waals surface area contributed by atoms with Crippen molar-refractivity contribution < 1.29 is 14.6 Å². The number of hydrogen-bond acceptors (Lipinski definition) is 4. The molecule has 1 amide bonds. The highest BCUT2D eigenvalue weighted by Gasteiger charge is 2.31. The summed E-state index contributed by atoms with van der Waals surface area (Å²) in [5.74, 6) is 0.0636. The van der Waals surface area contributed by atoms with E-state index in [4.69, 9.17) is 10.00 Å². The number of aliphatic hydroxyl groups is 1. The van der Waals surface area contributed by atoms with Crippen LogP contribution in [0, 0.1) is 17.2 Å². The van der Waals surface area contributed by atoms with Crippen molar-refractivity contribution in [2.24, 2.45) is 5.92 Å². The van der Waals surface area contributed by atoms with Gasteiger partial charge in [-0.05, 0) is 39.2 Å². The largest absolute Gasteiger partial charge is 0.444 e. The first-order valence-corrected chi connectivity index (χ1v) is 10.5. The molecular formula is C21H33BrN2O3. The molecule has 2 rings (SSSR count). The Morgan fingerprint density at radius 3 is 2.41 bits per heavy atom. The Labute approximate surface area is 172 Å². The average molecular weight is 441 g/mol. The first kappa shape index (κ1) is 25.4. The number of rotatable bonds is 2. The van der Waals surface area contributed by atoms with Gasteiger partial charge in [-0.2, -0.15) is 5.26 Å². The van der Waals surface area contributed by atoms with Crippen molar-refractivity contribution in [3.05, 3.63) is 35.9 Å². The highest BCUT2D eigenvalue weighted by molar-refractivity contribution is 9.09. The molecule has 1 aliphatic heterocycles. The number of hydrogen-bond donors (Lipinski definition) is 1. The van der Waals surface area contributed by atoms with Crippen molar-refractivity contribution in [1.29, 1.82) is 5.26 Å². The Bertz CT molecular complexity index is 567. The Balaban J connectivity index is 0.000000998. The number of likely N-dealkylation sites (tertiary alicyclic amines) is 1. The molecule has 1 aromatic rings. The van der Waals surface area contributed by atoms with Crippen molar-refractivity contribution in [2.75, 3.05) is 18.4 Å². The first-order chi connectivity index (χ1) is 12.8. The van der Waals surface area contributed by atoms with Gasteiger partial charge >= 0.3 is 6.09 Å². The molecule has 1 aromatic carbocycles. The van der Waals surface area contributed by atoms with Gasteiger partial charge in [0.25, 0.3) is 0 Å². The molecule has 152 valence electrons. The smallest absolute Gasteiger partial charge is 0.410 e. The van der Waals surface area contributed by atoms with Crippen LogP contribution in [0.15, 0.2) is 30.3 Å². The lowest BCUT2D eigenvalue weighted by atomic mass is 9.89. The normalized spacial score (nSPS) is 17.3. The lowest BCUT2D eigenvalue weighted by molar-refractivity contribution is 0.00239. The second-order valence-corrected chi connectivity index (χ2v) is 7.54. The summed E-state index contributed by atoms with van der Waals surface area (Å²) in [7, 11) is 0. The van der Waals surface area contributed by atoms with Gasteiger partial charge in [-0.1, -0.05) is 60.1 Å². The molecule has 5 nitrogen and oxygen atoms in total. The van der Waals surface area contributed by atoms with Crippen LogP contribution in [0.3, 0.4) is 0 Å². The molecule has 1 N–H and O–H groups in total. The molecule has 0 spiro atoms. The van der Waals surface area contributed by atoms with Crippen LogP contribution in [-0.4, -0.2) is 40.1 Å². The number of alkyl halides is 1. The quantitative estimate of drug-likeness (QED) is 0.633. The highest BCUT2D eigenvalue weighted by atomic mass is 79.9. The zero-order chi connectivity index (χ0) is 20.9. The van der Waals surface area contributed by atoms with Gasteiger partial charge in [-0.25, -0.2) is 4.79 Å². The maximum absolute atomic E-state index is 12.1. The van der Waals surface area contributed by atoms with Gasteiger partial charge in [-0.3, -0.25) is 0 Å². The number of carbonyl (C=O) groups excluding carboxylic acids is 1. The van der Waals surface area contributed by atoms with Crippen molar-refractivity contribution >= 4 is 22.0 Å². The number of carbonyl (C=O) groups is 1. The van der Waals surface area contributed by atoms with Gasteiger partial charge in [0.15, 0.2) is 0 Å². The Kier molecular flexibility index (Phi) is 12.8. The summed E-state index contributed by atoms with van der Waals surface area (Å²) < 4.78 is 5.42. The minimum absolute atomic E-state index is 0.0636. The van der Waals surface area contributed by atoms with Crippen LogP contribution >= 0.6 is 15.9 Å². The van der Waals surface area contributed by atoms with Crippen LogP contribution in [0.1, 0.15) is 59.1 Å². The number of benzene rings is 1. The first-order valence-electron chi connectivity index (χ1n) is 9.42. The molecule has 0 bridgehead atoms. The predicted octanol–water partition coefficient (Wildman–Crippen LogP) is 5.30. The molecule has 1 heterocycles. The van der Waals surface area contributed by atoms with E-state index in [0.29, 0.717) is 18.4 Å². The van der Waals surface area contributed by atoms with E-state index in [0.717, 1.165) is 18.4 Å². The average Bonchev–Trinajstić information content (AvgIpc) is 2.68. The molecule has 1 fully saturated rings. The van der Waals surface area contributed by atoms with E-state index >= 15 is 0 Å². The highest BCUT2D eigenvalue weighted by Crippen LogP contribution is 2.30. The Morgan fingerprint density at radius 1 is 1.37 bits per heavy atom. The van der Waals surface area contributed by atoms with E-state index in [1.165, 1.54) is 0 Å². The van der Waals surface area contributed by atoms with Gasteiger partial charge in [0.05, 0.1) is 17.5 Å². The van der Waals surface area contributed by atoms with E-state index in [9.17, 15) is 9.90 Å². The SMILES string of the molecule is CC.CC(C)(C)OC(=O)N1CCCC(C(O)c2ccccc2)C1.N#CCBr. The third kappa shape index (κ3) is 10.4. The fourth-order valence-corrected chi connectivity index (χ4v) is 2.68. The molecule has 27 heavy (non-hydrogen) atoms. The monoisotopic (exact) mass is 440 g/mol. The third-order valence-corrected chi connectivity index (χ3v) is 4.01. The van der Waals surface area contributed by atoms with Crippen molar-refractivity contribution in [3.63, 3.8) is 0 Å². The topological polar surface area (TPSA) is 73.6 Å². The summed E-state index contributed by atoms with van der Waals surface area (Å²) >= 11 is 2.89. The standard InChI is InChI=1S/C17H25NO3.C2H2BrN.C2H6/c1-17(2,3)21-16(20)18-11-7-10-14(12-18)15(19)13-8-5-4-6-9-13;3-1-2-4;1-2/h4-6,8-9,14-15,19H,7,10-12H2,1-3H3;1H2;1-2H3. The fraction of sp³-hybridized carbons (Fsp3) is 0.619. The molecule has 0 radical (unpaired) electrons. The molecule has 0 aromatic heterocycles. The van der Waals surface area contributed by atoms with Crippen molar-refractivity contribution in [3.8, 4) is 6.07 Å². The Hall–Kier alpha value is -1.58. The molecule has 1 aliphatic rings. The number of piperidine rings is 1. The van der Waals surface area contributed by atoms with Gasteiger partial charge in [0, 0.05) is 19.0 Å². The molecule has 0 saturated carbocycles. The number of aliphatic hydroxyl groups excluding tert-OH is 1. The molecule has 2 unspecified atom stereocenters. The fourth-order valence-electron chi connectivity index (χ4n) is 2.68. The molecule has 0 aliphatic carbocycles. The maximum atomic E-state index is 12.1. The summed E-state index contributed by atoms with van der Waals surface area (Å²) in [6, 6.07) is 11.5. The number of ether oxygens (including phenoxy) is 1. The Morgan fingerprint density at radius 2 is 1.93 bits per heavy atom. The van der Waals surface area contributed by atoms with Crippen LogP contribution in [0.4, 0.5) is 4.79 Å². The molecule has 6 heteroatoms. The zero-order valence-electron chi connectivity index (χ0n) is 17.1. The second kappa shape index (κ2) is 13.6. The van der Waals surface area contributed by atoms with Crippen molar-refractivity contribution in [1.82, 2.24) is 4.90 Å². The van der Waals surface area contributed by atoms with E-state index in [2.05, 4.69) is 15.9 Å². The summed E-state index contributed by atoms with van der Waals surface area (Å²) in [4.78, 5) is 13.9. The minimum atomic E-state index is -0.531. The van der Waals surface area contributed by atoms with Gasteiger partial charge in [0.2, 0.25) is 0 Å². The van der Waals surface area contributed by atoms with E-state index in [1.54, 1.807) is 4.90 Å². The molecule has 2 atom stereocenters. The van der Waals surface area contributed by atoms with Crippen LogP contribution in [0.5, 0.6) is 0 Å². The van der Waals surface area contributed by atoms with Gasteiger partial charge in [0.1, 0.15) is 5.60 Å². The summed E-state index contributed by atoms with van der Waals surface area (Å²) in [6.45, 7) is 10.8. The zero-order valence-corrected chi connectivity index (χ0v) is 18.7. The van der Waals surface area contributed by atoms with E-state index in [-0.39, 0.29) is 12.0 Å². The van der Waals surface area contributed by atoms with Crippen LogP contribution in [0.25, 0.3) is 0 Å². The minimum Gasteiger partial charge on any atom is -0.444 e. The summed E-state index contributed by atoms with van der Waals surface area (Å²) in [6.07, 6.45) is 1.01. The van der Waals surface area contributed by atoms with Gasteiger partial charge in [-0.15, -0.1) is 0 Å². The molecular weight excluding hydrogens is 408 g/mol. The molecule has 1 saturated heterocycles. The summed E-state index contributed by atoms with van der Waals surface area (Å²) in [5.41, 5.74) is 0.427. The maximum Gasteiger partial charge on any atom is 0.410 e.